The van der Waals surface area contributed by atoms with E-state index in [2.05, 4.69) is 232 Å². The van der Waals surface area contributed by atoms with Crippen molar-refractivity contribution < 1.29 is 0 Å². The van der Waals surface area contributed by atoms with Gasteiger partial charge in [-0.05, 0) is 151 Å². The molecule has 3 heterocycles. The van der Waals surface area contributed by atoms with Gasteiger partial charge in [-0.15, -0.1) is 11.3 Å². The van der Waals surface area contributed by atoms with Crippen LogP contribution in [0.4, 0.5) is 34.1 Å². The fourth-order valence-electron chi connectivity index (χ4n) is 11.2. The first kappa shape index (κ1) is 41.8. The Morgan fingerprint density at radius 3 is 1.71 bits per heavy atom. The number of aryl methyl sites for hydroxylation is 1. The molecule has 4 heteroatoms. The van der Waals surface area contributed by atoms with Gasteiger partial charge in [0, 0.05) is 43.2 Å². The molecule has 0 fully saturated rings. The van der Waals surface area contributed by atoms with Crippen molar-refractivity contribution in [2.45, 2.75) is 111 Å². The molecule has 8 aromatic rings. The van der Waals surface area contributed by atoms with Gasteiger partial charge < -0.3 is 9.80 Å². The van der Waals surface area contributed by atoms with Crippen molar-refractivity contribution >= 4 is 78.0 Å². The van der Waals surface area contributed by atoms with Gasteiger partial charge in [0.2, 0.25) is 0 Å². The molecule has 3 aliphatic rings. The second-order valence-electron chi connectivity index (χ2n) is 22.6. The standard InChI is InChI=1S/C61H61BN2S/c1-38-32-52-55-53(33-38)64(50-28-24-42(58(2,3)4)34-45(50)41-20-16-13-17-21-41)56-46-35-43(59(5,6)7)25-29-54(46)65-57(56)62(55)49-36-47-48(61(10,11)31-30-60(47,8)9)37-51(49)63(52)44-26-22-40(23-27-44)39-18-14-12-15-19-39/h12-29,32-37H,30-31H2,1-11H3. The van der Waals surface area contributed by atoms with Crippen LogP contribution in [0.2, 0.25) is 0 Å². The van der Waals surface area contributed by atoms with Gasteiger partial charge in [-0.1, -0.05) is 160 Å². The summed E-state index contributed by atoms with van der Waals surface area (Å²) in [6.07, 6.45) is 2.34. The van der Waals surface area contributed by atoms with E-state index in [1.54, 1.807) is 0 Å². The summed E-state index contributed by atoms with van der Waals surface area (Å²) in [6.45, 7) is 26.3. The first-order chi connectivity index (χ1) is 30.9. The second-order valence-corrected chi connectivity index (χ2v) is 23.7. The molecule has 1 aliphatic carbocycles. The molecule has 324 valence electrons. The lowest BCUT2D eigenvalue weighted by molar-refractivity contribution is 0.332. The van der Waals surface area contributed by atoms with E-state index in [0.717, 1.165) is 0 Å². The lowest BCUT2D eigenvalue weighted by Crippen LogP contribution is -2.61. The highest BCUT2D eigenvalue weighted by Crippen LogP contribution is 2.53. The van der Waals surface area contributed by atoms with E-state index in [1.807, 2.05) is 11.3 Å². The summed E-state index contributed by atoms with van der Waals surface area (Å²) in [5.41, 5.74) is 22.4. The lowest BCUT2D eigenvalue weighted by Gasteiger charge is -2.47. The molecule has 2 aliphatic heterocycles. The van der Waals surface area contributed by atoms with Gasteiger partial charge in [0.05, 0.1) is 11.4 Å². The van der Waals surface area contributed by atoms with Crippen LogP contribution in [0.25, 0.3) is 32.3 Å². The van der Waals surface area contributed by atoms with E-state index < -0.39 is 0 Å². The number of anilines is 6. The number of thiophene rings is 1. The van der Waals surface area contributed by atoms with Gasteiger partial charge in [-0.3, -0.25) is 0 Å². The molecule has 11 rings (SSSR count). The van der Waals surface area contributed by atoms with Crippen LogP contribution in [0.1, 0.15) is 110 Å². The fraction of sp³-hybridized carbons (Fsp3) is 0.279. The number of hydrogen-bond acceptors (Lipinski definition) is 3. The van der Waals surface area contributed by atoms with Crippen molar-refractivity contribution in [1.82, 2.24) is 0 Å². The summed E-state index contributed by atoms with van der Waals surface area (Å²) >= 11 is 2.01. The van der Waals surface area contributed by atoms with Crippen LogP contribution in [0, 0.1) is 6.92 Å². The molecule has 2 nitrogen and oxygen atoms in total. The topological polar surface area (TPSA) is 6.48 Å². The van der Waals surface area contributed by atoms with Crippen LogP contribution in [-0.2, 0) is 21.7 Å². The van der Waals surface area contributed by atoms with Gasteiger partial charge in [-0.25, -0.2) is 0 Å². The summed E-state index contributed by atoms with van der Waals surface area (Å²) in [6, 6.07) is 56.1. The van der Waals surface area contributed by atoms with Gasteiger partial charge in [-0.2, -0.15) is 0 Å². The average molecular weight is 865 g/mol. The Bertz CT molecular complexity index is 3180. The van der Waals surface area contributed by atoms with E-state index in [4.69, 9.17) is 0 Å². The smallest absolute Gasteiger partial charge is 0.264 e. The Kier molecular flexibility index (Phi) is 9.39. The van der Waals surface area contributed by atoms with Crippen LogP contribution >= 0.6 is 11.3 Å². The third-order valence-electron chi connectivity index (χ3n) is 15.1. The molecule has 0 saturated heterocycles. The van der Waals surface area contributed by atoms with E-state index in [1.165, 1.54) is 123 Å². The molecule has 0 unspecified atom stereocenters. The predicted octanol–water partition coefficient (Wildman–Crippen LogP) is 15.6. The summed E-state index contributed by atoms with van der Waals surface area (Å²) in [5, 5.41) is 1.34. The fourth-order valence-corrected chi connectivity index (χ4v) is 12.5. The molecule has 0 saturated carbocycles. The minimum absolute atomic E-state index is 0.000817. The Hall–Kier alpha value is -5.84. The second kappa shape index (κ2) is 14.6. The average Bonchev–Trinajstić information content (AvgIpc) is 3.66. The Morgan fingerprint density at radius 2 is 1.08 bits per heavy atom. The first-order valence-electron chi connectivity index (χ1n) is 23.8. The predicted molar refractivity (Wildman–Crippen MR) is 284 cm³/mol. The van der Waals surface area contributed by atoms with Gasteiger partial charge >= 0.3 is 0 Å². The van der Waals surface area contributed by atoms with Gasteiger partial charge in [0.15, 0.2) is 0 Å². The highest BCUT2D eigenvalue weighted by Gasteiger charge is 2.48. The number of hydrogen-bond donors (Lipinski definition) is 0. The van der Waals surface area contributed by atoms with Crippen LogP contribution < -0.4 is 25.5 Å². The minimum atomic E-state index is -0.0127. The lowest BCUT2D eigenvalue weighted by atomic mass is 9.35. The summed E-state index contributed by atoms with van der Waals surface area (Å²) in [4.78, 5) is 5.31. The van der Waals surface area contributed by atoms with Crippen molar-refractivity contribution in [1.29, 1.82) is 0 Å². The number of fused-ring (bicyclic) bond motifs is 7. The summed E-state index contributed by atoms with van der Waals surface area (Å²) in [7, 11) is 0. The SMILES string of the molecule is Cc1cc2c3c(c1)N(c1ccc(C(C)(C)C)cc1-c1ccccc1)c1c(sc4ccc(C(C)(C)C)cc14)B3c1cc3c(cc1N2c1ccc(-c2ccccc2)cc1)C(C)(C)CCC3(C)C. The van der Waals surface area contributed by atoms with E-state index in [9.17, 15) is 0 Å². The maximum Gasteiger partial charge on any atom is 0.264 e. The molecular formula is C61H61BN2S. The van der Waals surface area contributed by atoms with Crippen LogP contribution in [0.15, 0.2) is 146 Å². The monoisotopic (exact) mass is 864 g/mol. The van der Waals surface area contributed by atoms with E-state index >= 15 is 0 Å². The molecule has 65 heavy (non-hydrogen) atoms. The number of benzene rings is 7. The highest BCUT2D eigenvalue weighted by molar-refractivity contribution is 7.33. The van der Waals surface area contributed by atoms with E-state index in [0.29, 0.717) is 0 Å². The van der Waals surface area contributed by atoms with E-state index in [-0.39, 0.29) is 28.4 Å². The van der Waals surface area contributed by atoms with Crippen LogP contribution in [0.3, 0.4) is 0 Å². The van der Waals surface area contributed by atoms with Crippen molar-refractivity contribution in [3.05, 3.63) is 173 Å². The quantitative estimate of drug-likeness (QED) is 0.163. The van der Waals surface area contributed by atoms with Crippen molar-refractivity contribution in [3.63, 3.8) is 0 Å². The molecule has 0 amide bonds. The molecule has 0 radical (unpaired) electrons. The molecule has 0 N–H and O–H groups in total. The molecular weight excluding hydrogens is 804 g/mol. The zero-order valence-electron chi connectivity index (χ0n) is 40.2. The van der Waals surface area contributed by atoms with Crippen molar-refractivity contribution in [2.75, 3.05) is 9.80 Å². The van der Waals surface area contributed by atoms with Gasteiger partial charge in [0.25, 0.3) is 6.71 Å². The summed E-state index contributed by atoms with van der Waals surface area (Å²) < 4.78 is 2.77. The number of nitrogens with zero attached hydrogens (tertiary/aromatic N) is 2. The summed E-state index contributed by atoms with van der Waals surface area (Å²) in [5.74, 6) is 0. The zero-order chi connectivity index (χ0) is 45.4. The van der Waals surface area contributed by atoms with Crippen LogP contribution in [-0.4, -0.2) is 6.71 Å². The minimum Gasteiger partial charge on any atom is -0.311 e. The largest absolute Gasteiger partial charge is 0.311 e. The highest BCUT2D eigenvalue weighted by atomic mass is 32.1. The third kappa shape index (κ3) is 6.73. The molecule has 7 aromatic carbocycles. The third-order valence-corrected chi connectivity index (χ3v) is 16.3. The van der Waals surface area contributed by atoms with Crippen LogP contribution in [0.5, 0.6) is 0 Å². The number of rotatable bonds is 4. The normalized spacial score (nSPS) is 16.0. The molecule has 0 bridgehead atoms. The molecule has 0 atom stereocenters. The maximum absolute atomic E-state index is 2.69. The molecule has 1 aromatic heterocycles. The first-order valence-corrected chi connectivity index (χ1v) is 24.6. The Labute approximate surface area is 392 Å². The Balaban J connectivity index is 1.26. The van der Waals surface area contributed by atoms with Crippen molar-refractivity contribution in [2.24, 2.45) is 0 Å². The molecule has 0 spiro atoms. The zero-order valence-corrected chi connectivity index (χ0v) is 41.0. The van der Waals surface area contributed by atoms with Crippen molar-refractivity contribution in [3.8, 4) is 22.3 Å². The maximum atomic E-state index is 2.69. The van der Waals surface area contributed by atoms with Gasteiger partial charge in [0.1, 0.15) is 0 Å². The Morgan fingerprint density at radius 1 is 0.523 bits per heavy atom.